The summed E-state index contributed by atoms with van der Waals surface area (Å²) in [7, 11) is 0. The van der Waals surface area contributed by atoms with Gasteiger partial charge in [-0.25, -0.2) is 9.18 Å². The van der Waals surface area contributed by atoms with Crippen LogP contribution >= 0.6 is 0 Å². The van der Waals surface area contributed by atoms with Crippen LogP contribution in [0.5, 0.6) is 0 Å². The van der Waals surface area contributed by atoms with Crippen LogP contribution in [-0.2, 0) is 16.9 Å². The van der Waals surface area contributed by atoms with Crippen molar-refractivity contribution in [1.29, 1.82) is 0 Å². The molecule has 2 aliphatic heterocycles. The molecule has 2 saturated heterocycles. The van der Waals surface area contributed by atoms with Crippen molar-refractivity contribution in [2.75, 3.05) is 0 Å². The summed E-state index contributed by atoms with van der Waals surface area (Å²) in [5.41, 5.74) is 0.861. The lowest BCUT2D eigenvalue weighted by Crippen LogP contribution is -2.52. The number of aryl methyl sites for hydroxylation is 1. The molecule has 2 atom stereocenters. The average Bonchev–Trinajstić information content (AvgIpc) is 2.92. The maximum atomic E-state index is 14.5. The quantitative estimate of drug-likeness (QED) is 0.878. The third-order valence-corrected chi connectivity index (χ3v) is 5.81. The van der Waals surface area contributed by atoms with Crippen molar-refractivity contribution >= 4 is 6.09 Å². The van der Waals surface area contributed by atoms with Crippen LogP contribution in [0.2, 0.25) is 0 Å². The van der Waals surface area contributed by atoms with Crippen LogP contribution in [0.4, 0.5) is 9.18 Å². The van der Waals surface area contributed by atoms with Gasteiger partial charge in [-0.15, -0.1) is 0 Å². The van der Waals surface area contributed by atoms with Gasteiger partial charge in [0.15, 0.2) is 0 Å². The monoisotopic (exact) mass is 369 g/mol. The zero-order chi connectivity index (χ0) is 19.0. The van der Waals surface area contributed by atoms with Gasteiger partial charge in [0.2, 0.25) is 0 Å². The highest BCUT2D eigenvalue weighted by atomic mass is 19.1. The van der Waals surface area contributed by atoms with Gasteiger partial charge in [0, 0.05) is 30.5 Å². The molecule has 0 spiro atoms. The van der Waals surface area contributed by atoms with E-state index in [-0.39, 0.29) is 30.6 Å². The zero-order valence-corrected chi connectivity index (χ0v) is 15.4. The summed E-state index contributed by atoms with van der Waals surface area (Å²) in [6, 6.07) is 14.3. The van der Waals surface area contributed by atoms with Gasteiger partial charge in [0.25, 0.3) is 0 Å². The first-order valence-electron chi connectivity index (χ1n) is 9.44. The van der Waals surface area contributed by atoms with Gasteiger partial charge in [0.05, 0.1) is 5.60 Å². The predicted molar refractivity (Wildman–Crippen MR) is 99.5 cm³/mol. The highest BCUT2D eigenvalue weighted by Gasteiger charge is 2.51. The fourth-order valence-corrected chi connectivity index (χ4v) is 4.53. The largest absolute Gasteiger partial charge is 0.445 e. The third-order valence-electron chi connectivity index (χ3n) is 5.81. The van der Waals surface area contributed by atoms with Crippen LogP contribution in [0.25, 0.3) is 0 Å². The van der Waals surface area contributed by atoms with Crippen molar-refractivity contribution in [2.45, 2.75) is 56.9 Å². The van der Waals surface area contributed by atoms with Gasteiger partial charge in [0.1, 0.15) is 12.4 Å². The molecule has 2 bridgehead atoms. The maximum absolute atomic E-state index is 14.5. The molecule has 142 valence electrons. The Morgan fingerprint density at radius 2 is 1.85 bits per heavy atom. The summed E-state index contributed by atoms with van der Waals surface area (Å²) in [4.78, 5) is 14.4. The molecule has 0 radical (unpaired) electrons. The number of amides is 1. The van der Waals surface area contributed by atoms with E-state index in [0.29, 0.717) is 18.4 Å². The Labute approximate surface area is 158 Å². The molecule has 1 N–H and O–H groups in total. The zero-order valence-electron chi connectivity index (χ0n) is 15.4. The second-order valence-electron chi connectivity index (χ2n) is 7.76. The van der Waals surface area contributed by atoms with Crippen molar-refractivity contribution in [3.63, 3.8) is 0 Å². The lowest BCUT2D eigenvalue weighted by atomic mass is 9.80. The molecule has 4 rings (SSSR count). The number of carbonyl (C=O) groups is 1. The van der Waals surface area contributed by atoms with Crippen LogP contribution < -0.4 is 0 Å². The summed E-state index contributed by atoms with van der Waals surface area (Å²) in [5.74, 6) is -0.378. The van der Waals surface area contributed by atoms with Crippen molar-refractivity contribution in [3.8, 4) is 0 Å². The summed E-state index contributed by atoms with van der Waals surface area (Å²) in [6.45, 7) is 2.05. The van der Waals surface area contributed by atoms with Crippen LogP contribution in [-0.4, -0.2) is 28.2 Å². The van der Waals surface area contributed by atoms with Gasteiger partial charge < -0.3 is 14.7 Å². The molecule has 5 heteroatoms. The van der Waals surface area contributed by atoms with E-state index in [0.717, 1.165) is 24.0 Å². The smallest absolute Gasteiger partial charge is 0.410 e. The van der Waals surface area contributed by atoms with Crippen LogP contribution in [0.1, 0.15) is 42.4 Å². The molecule has 1 amide bonds. The number of carbonyl (C=O) groups excluding carboxylic acids is 1. The number of hydrogen-bond donors (Lipinski definition) is 1. The number of aliphatic hydroxyl groups is 1. The Balaban J connectivity index is 1.47. The molecule has 2 aromatic carbocycles. The SMILES string of the molecule is Cc1ccc(C2(O)CC3CCC(C2)N3C(=O)OCc2ccccc2)c(F)c1. The second kappa shape index (κ2) is 6.97. The predicted octanol–water partition coefficient (Wildman–Crippen LogP) is 4.29. The Morgan fingerprint density at radius 1 is 1.19 bits per heavy atom. The molecule has 0 aromatic heterocycles. The molecule has 2 heterocycles. The van der Waals surface area contributed by atoms with Gasteiger partial charge in [-0.1, -0.05) is 42.5 Å². The van der Waals surface area contributed by atoms with Crippen LogP contribution in [0.15, 0.2) is 48.5 Å². The molecule has 2 unspecified atom stereocenters. The summed E-state index contributed by atoms with van der Waals surface area (Å²) in [6.07, 6.45) is 1.94. The van der Waals surface area contributed by atoms with E-state index in [4.69, 9.17) is 4.74 Å². The minimum atomic E-state index is -1.24. The summed E-state index contributed by atoms with van der Waals surface area (Å²) < 4.78 is 19.9. The minimum absolute atomic E-state index is 0.127. The number of ether oxygens (including phenoxy) is 1. The minimum Gasteiger partial charge on any atom is -0.445 e. The first-order chi connectivity index (χ1) is 13.0. The molecule has 27 heavy (non-hydrogen) atoms. The van der Waals surface area contributed by atoms with E-state index >= 15 is 0 Å². The molecule has 4 nitrogen and oxygen atoms in total. The topological polar surface area (TPSA) is 49.8 Å². The number of fused-ring (bicyclic) bond motifs is 2. The lowest BCUT2D eigenvalue weighted by Gasteiger charge is -2.43. The fourth-order valence-electron chi connectivity index (χ4n) is 4.53. The van der Waals surface area contributed by atoms with Crippen molar-refractivity contribution in [2.24, 2.45) is 0 Å². The summed E-state index contributed by atoms with van der Waals surface area (Å²) >= 11 is 0. The van der Waals surface area contributed by atoms with Crippen LogP contribution in [0, 0.1) is 12.7 Å². The van der Waals surface area contributed by atoms with Crippen molar-refractivity contribution in [1.82, 2.24) is 4.90 Å². The van der Waals surface area contributed by atoms with E-state index in [1.165, 1.54) is 6.07 Å². The highest BCUT2D eigenvalue weighted by Crippen LogP contribution is 2.46. The number of benzene rings is 2. The van der Waals surface area contributed by atoms with Gasteiger partial charge in [-0.2, -0.15) is 0 Å². The maximum Gasteiger partial charge on any atom is 0.410 e. The molecule has 0 saturated carbocycles. The van der Waals surface area contributed by atoms with Crippen molar-refractivity contribution < 1.29 is 19.0 Å². The van der Waals surface area contributed by atoms with Gasteiger partial charge in [-0.05, 0) is 37.0 Å². The second-order valence-corrected chi connectivity index (χ2v) is 7.76. The molecule has 0 aliphatic carbocycles. The van der Waals surface area contributed by atoms with E-state index in [2.05, 4.69) is 0 Å². The standard InChI is InChI=1S/C22H24FNO3/c1-15-7-10-19(20(23)11-15)22(26)12-17-8-9-18(13-22)24(17)21(25)27-14-16-5-3-2-4-6-16/h2-7,10-11,17-18,26H,8-9,12-14H2,1H3. The first-order valence-corrected chi connectivity index (χ1v) is 9.44. The van der Waals surface area contributed by atoms with Crippen molar-refractivity contribution in [3.05, 3.63) is 71.0 Å². The number of nitrogens with zero attached hydrogens (tertiary/aromatic N) is 1. The van der Waals surface area contributed by atoms with E-state index in [1.807, 2.05) is 43.3 Å². The number of rotatable bonds is 3. The number of piperidine rings is 1. The fraction of sp³-hybridized carbons (Fsp3) is 0.409. The molecular formula is C22H24FNO3. The lowest BCUT2D eigenvalue weighted by molar-refractivity contribution is -0.0556. The Morgan fingerprint density at radius 3 is 2.48 bits per heavy atom. The molecule has 2 aromatic rings. The summed E-state index contributed by atoms with van der Waals surface area (Å²) in [5, 5.41) is 11.2. The van der Waals surface area contributed by atoms with Crippen LogP contribution in [0.3, 0.4) is 0 Å². The number of halogens is 1. The molecule has 2 fully saturated rings. The Kier molecular flexibility index (Phi) is 4.64. The number of hydrogen-bond acceptors (Lipinski definition) is 3. The highest BCUT2D eigenvalue weighted by molar-refractivity contribution is 5.69. The van der Waals surface area contributed by atoms with E-state index < -0.39 is 5.60 Å². The molecular weight excluding hydrogens is 345 g/mol. The Hall–Kier alpha value is -2.40. The van der Waals surface area contributed by atoms with E-state index in [9.17, 15) is 14.3 Å². The first kappa shape index (κ1) is 18.0. The Bertz CT molecular complexity index is 825. The van der Waals surface area contributed by atoms with E-state index in [1.54, 1.807) is 11.0 Å². The third kappa shape index (κ3) is 3.44. The molecule has 2 aliphatic rings. The normalized spacial score (nSPS) is 26.9. The van der Waals surface area contributed by atoms with Gasteiger partial charge >= 0.3 is 6.09 Å². The average molecular weight is 369 g/mol. The van der Waals surface area contributed by atoms with Gasteiger partial charge in [-0.3, -0.25) is 0 Å².